The lowest BCUT2D eigenvalue weighted by Gasteiger charge is -2.21. The van der Waals surface area contributed by atoms with Crippen molar-refractivity contribution in [2.24, 2.45) is 5.92 Å². The third-order valence-electron chi connectivity index (χ3n) is 5.91. The number of carboxylic acid groups (broad SMARTS) is 2. The van der Waals surface area contributed by atoms with Crippen LogP contribution in [0.15, 0.2) is 48.5 Å². The van der Waals surface area contributed by atoms with Crippen molar-refractivity contribution in [3.63, 3.8) is 0 Å². The molecule has 2 aromatic rings. The minimum Gasteiger partial charge on any atom is -0.478 e. The molecule has 4 atom stereocenters. The van der Waals surface area contributed by atoms with Crippen molar-refractivity contribution in [1.82, 2.24) is 4.90 Å². The van der Waals surface area contributed by atoms with Gasteiger partial charge in [-0.3, -0.25) is 9.69 Å². The zero-order chi connectivity index (χ0) is 26.4. The van der Waals surface area contributed by atoms with Crippen LogP contribution in [-0.4, -0.2) is 76.6 Å². The second-order valence-electron chi connectivity index (χ2n) is 8.75. The highest BCUT2D eigenvalue weighted by Crippen LogP contribution is 2.23. The summed E-state index contributed by atoms with van der Waals surface area (Å²) in [6.45, 7) is 6.54. The van der Waals surface area contributed by atoms with Gasteiger partial charge in [0.15, 0.2) is 5.78 Å². The normalized spacial score (nSPS) is 19.4. The van der Waals surface area contributed by atoms with E-state index in [4.69, 9.17) is 9.47 Å². The van der Waals surface area contributed by atoms with Gasteiger partial charge in [-0.05, 0) is 51.1 Å². The topological polar surface area (TPSA) is 148 Å². The van der Waals surface area contributed by atoms with Crippen LogP contribution in [0, 0.1) is 19.8 Å². The molecule has 10 heteroatoms. The van der Waals surface area contributed by atoms with Gasteiger partial charge in [-0.2, -0.15) is 0 Å². The van der Waals surface area contributed by atoms with E-state index in [2.05, 4.69) is 4.90 Å². The number of esters is 2. The highest BCUT2D eigenvalue weighted by molar-refractivity contribution is 5.95. The first-order chi connectivity index (χ1) is 17.0. The van der Waals surface area contributed by atoms with E-state index in [0.717, 1.165) is 37.2 Å². The fourth-order valence-electron chi connectivity index (χ4n) is 3.82. The monoisotopic (exact) mass is 497 g/mol. The van der Waals surface area contributed by atoms with Gasteiger partial charge in [-0.1, -0.05) is 35.4 Å². The zero-order valence-electron chi connectivity index (χ0n) is 19.9. The van der Waals surface area contributed by atoms with Gasteiger partial charge < -0.3 is 19.7 Å². The van der Waals surface area contributed by atoms with Crippen LogP contribution in [0.5, 0.6) is 0 Å². The molecule has 0 aromatic heterocycles. The first kappa shape index (κ1) is 26.6. The lowest BCUT2D eigenvalue weighted by molar-refractivity contribution is -0.166. The largest absolute Gasteiger partial charge is 0.478 e. The van der Waals surface area contributed by atoms with E-state index in [-0.39, 0.29) is 11.1 Å². The second-order valence-corrected chi connectivity index (χ2v) is 8.75. The molecule has 10 nitrogen and oxygen atoms in total. The average molecular weight is 498 g/mol. The number of ketones is 1. The first-order valence-corrected chi connectivity index (χ1v) is 11.3. The Bertz CT molecular complexity index is 1070. The molecule has 0 spiro atoms. The molecule has 36 heavy (non-hydrogen) atoms. The van der Waals surface area contributed by atoms with Gasteiger partial charge >= 0.3 is 23.9 Å². The summed E-state index contributed by atoms with van der Waals surface area (Å²) in [5.74, 6) is -4.73. The van der Waals surface area contributed by atoms with Crippen LogP contribution in [0.1, 0.15) is 38.3 Å². The number of carbonyl (C=O) groups is 5. The SMILES string of the molecule is Cc1ccc(C(=O)O[C@@H](C(=O)O)[C@@H](OC(=O)c2ccc(C)cc2)C(=O)O)cc1.O=C1CN2CC[C@@H]1C2. The number of aryl methyl sites for hydroxylation is 2. The summed E-state index contributed by atoms with van der Waals surface area (Å²) in [7, 11) is 0. The highest BCUT2D eigenvalue weighted by Gasteiger charge is 2.41. The van der Waals surface area contributed by atoms with Crippen LogP contribution in [-0.2, 0) is 23.9 Å². The summed E-state index contributed by atoms with van der Waals surface area (Å²) < 4.78 is 9.64. The van der Waals surface area contributed by atoms with Crippen molar-refractivity contribution < 1.29 is 43.7 Å². The number of rotatable bonds is 7. The molecule has 0 radical (unpaired) electrons. The van der Waals surface area contributed by atoms with Crippen LogP contribution >= 0.6 is 0 Å². The standard InChI is InChI=1S/C20H18O8.C6H9NO/c1-11-3-7-13(8-4-11)19(25)27-15(17(21)22)16(18(23)24)28-20(26)14-9-5-12(2)6-10-14;8-6-4-7-2-1-5(6)3-7/h3-10,15-16H,1-2H3,(H,21,22)(H,23,24);5H,1-4H2/t15-,16-;5-/m11/s1. The maximum absolute atomic E-state index is 12.2. The molecule has 0 aliphatic carbocycles. The summed E-state index contributed by atoms with van der Waals surface area (Å²) in [4.78, 5) is 60.4. The second kappa shape index (κ2) is 11.6. The number of carbonyl (C=O) groups excluding carboxylic acids is 3. The Labute approximate surface area is 207 Å². The Hall–Kier alpha value is -4.05. The van der Waals surface area contributed by atoms with Crippen molar-refractivity contribution in [1.29, 1.82) is 0 Å². The minimum absolute atomic E-state index is 0.0332. The molecule has 0 saturated carbocycles. The van der Waals surface area contributed by atoms with E-state index in [1.807, 2.05) is 0 Å². The number of hydrogen-bond acceptors (Lipinski definition) is 8. The van der Waals surface area contributed by atoms with Crippen LogP contribution in [0.4, 0.5) is 0 Å². The molecule has 1 unspecified atom stereocenters. The Balaban J connectivity index is 0.000000375. The number of aliphatic carboxylic acids is 2. The molecule has 2 saturated heterocycles. The Morgan fingerprint density at radius 3 is 1.47 bits per heavy atom. The predicted octanol–water partition coefficient (Wildman–Crippen LogP) is 2.11. The third kappa shape index (κ3) is 6.76. The number of nitrogens with zero attached hydrogens (tertiary/aromatic N) is 1. The van der Waals surface area contributed by atoms with Crippen LogP contribution in [0.2, 0.25) is 0 Å². The third-order valence-corrected chi connectivity index (χ3v) is 5.91. The molecular formula is C26H27NO9. The van der Waals surface area contributed by atoms with Crippen LogP contribution in [0.25, 0.3) is 0 Å². The van der Waals surface area contributed by atoms with Crippen molar-refractivity contribution >= 4 is 29.7 Å². The van der Waals surface area contributed by atoms with E-state index in [9.17, 15) is 34.2 Å². The summed E-state index contributed by atoms with van der Waals surface area (Å²) in [6.07, 6.45) is -3.32. The van der Waals surface area contributed by atoms with E-state index in [1.54, 1.807) is 38.1 Å². The molecule has 2 aromatic carbocycles. The van der Waals surface area contributed by atoms with Gasteiger partial charge in [0.05, 0.1) is 17.7 Å². The fraction of sp³-hybridized carbons (Fsp3) is 0.346. The van der Waals surface area contributed by atoms with Crippen molar-refractivity contribution in [2.75, 3.05) is 19.6 Å². The average Bonchev–Trinajstić information content (AvgIpc) is 3.44. The summed E-state index contributed by atoms with van der Waals surface area (Å²) in [5, 5.41) is 18.6. The van der Waals surface area contributed by atoms with E-state index in [0.29, 0.717) is 11.7 Å². The number of carboxylic acids is 2. The van der Waals surface area contributed by atoms with Crippen LogP contribution < -0.4 is 0 Å². The van der Waals surface area contributed by atoms with Gasteiger partial charge in [0.1, 0.15) is 0 Å². The van der Waals surface area contributed by atoms with Crippen molar-refractivity contribution in [2.45, 2.75) is 32.5 Å². The summed E-state index contributed by atoms with van der Waals surface area (Å²) in [5.41, 5.74) is 1.79. The number of benzene rings is 2. The van der Waals surface area contributed by atoms with Crippen molar-refractivity contribution in [3.8, 4) is 0 Å². The number of ether oxygens (including phenoxy) is 2. The molecule has 2 N–H and O–H groups in total. The number of piperidine rings is 1. The maximum atomic E-state index is 12.2. The van der Waals surface area contributed by atoms with Crippen LogP contribution in [0.3, 0.4) is 0 Å². The highest BCUT2D eigenvalue weighted by atomic mass is 16.6. The van der Waals surface area contributed by atoms with Gasteiger partial charge in [0, 0.05) is 12.5 Å². The van der Waals surface area contributed by atoms with Crippen molar-refractivity contribution in [3.05, 3.63) is 70.8 Å². The molecule has 2 aliphatic rings. The number of Topliss-reactive ketones (excluding diaryl/α,β-unsaturated/α-hetero) is 1. The molecule has 2 bridgehead atoms. The first-order valence-electron chi connectivity index (χ1n) is 11.3. The minimum atomic E-state index is -2.22. The van der Waals surface area contributed by atoms with E-state index in [1.165, 1.54) is 24.3 Å². The molecule has 2 aliphatic heterocycles. The van der Waals surface area contributed by atoms with Gasteiger partial charge in [0.25, 0.3) is 0 Å². The Kier molecular flexibility index (Phi) is 8.55. The predicted molar refractivity (Wildman–Crippen MR) is 126 cm³/mol. The molecular weight excluding hydrogens is 470 g/mol. The fourth-order valence-corrected chi connectivity index (χ4v) is 3.82. The molecule has 4 rings (SSSR count). The maximum Gasteiger partial charge on any atom is 0.349 e. The van der Waals surface area contributed by atoms with E-state index < -0.39 is 36.1 Å². The zero-order valence-corrected chi connectivity index (χ0v) is 19.9. The van der Waals surface area contributed by atoms with Gasteiger partial charge in [-0.25, -0.2) is 19.2 Å². The number of hydrogen-bond donors (Lipinski definition) is 2. The van der Waals surface area contributed by atoms with Gasteiger partial charge in [-0.15, -0.1) is 0 Å². The Morgan fingerprint density at radius 1 is 0.806 bits per heavy atom. The van der Waals surface area contributed by atoms with Gasteiger partial charge in [0.2, 0.25) is 12.2 Å². The number of fused-ring (bicyclic) bond motifs is 2. The Morgan fingerprint density at radius 2 is 1.22 bits per heavy atom. The summed E-state index contributed by atoms with van der Waals surface area (Å²) in [6, 6.07) is 12.1. The quantitative estimate of drug-likeness (QED) is 0.545. The molecule has 0 amide bonds. The lowest BCUT2D eigenvalue weighted by atomic mass is 10.1. The molecule has 2 heterocycles. The summed E-state index contributed by atoms with van der Waals surface area (Å²) >= 11 is 0. The van der Waals surface area contributed by atoms with E-state index >= 15 is 0 Å². The molecule has 190 valence electrons. The lowest BCUT2D eigenvalue weighted by Crippen LogP contribution is -2.45. The molecule has 2 fully saturated rings. The smallest absolute Gasteiger partial charge is 0.349 e.